The highest BCUT2D eigenvalue weighted by Gasteiger charge is 2.16. The molecule has 2 aromatic rings. The standard InChI is InChI=1S/C21H26ClN3O2.2ClH/c1-4-16-8-9-24-17(11-16)10-15(2)25(3)13-18(26)14-27-21-7-5-6-20(22)19(21)12-23;;/h5-9,11,15,18,26H,4,10,13-14H2,1-3H3;2*1H/t15?,18-;;/m1../s1. The van der Waals surface area contributed by atoms with Crippen LogP contribution >= 0.6 is 36.4 Å². The molecule has 1 aromatic carbocycles. The number of rotatable bonds is 9. The van der Waals surface area contributed by atoms with E-state index in [2.05, 4.69) is 29.8 Å². The number of pyridine rings is 1. The first-order valence-corrected chi connectivity index (χ1v) is 9.45. The number of halogens is 3. The third kappa shape index (κ3) is 8.38. The largest absolute Gasteiger partial charge is 0.489 e. The molecule has 0 saturated heterocycles. The van der Waals surface area contributed by atoms with Crippen molar-refractivity contribution in [2.24, 2.45) is 0 Å². The lowest BCUT2D eigenvalue weighted by Gasteiger charge is -2.27. The third-order valence-electron chi connectivity index (χ3n) is 4.56. The van der Waals surface area contributed by atoms with Crippen LogP contribution in [0.15, 0.2) is 36.5 Å². The second kappa shape index (κ2) is 13.6. The van der Waals surface area contributed by atoms with Crippen LogP contribution in [0.5, 0.6) is 5.75 Å². The summed E-state index contributed by atoms with van der Waals surface area (Å²) < 4.78 is 5.60. The van der Waals surface area contributed by atoms with Gasteiger partial charge in [0.25, 0.3) is 0 Å². The summed E-state index contributed by atoms with van der Waals surface area (Å²) in [4.78, 5) is 6.52. The molecule has 5 nitrogen and oxygen atoms in total. The molecule has 29 heavy (non-hydrogen) atoms. The van der Waals surface area contributed by atoms with Crippen molar-refractivity contribution in [2.75, 3.05) is 20.2 Å². The number of aryl methyl sites for hydroxylation is 1. The maximum atomic E-state index is 10.3. The number of aliphatic hydroxyl groups excluding tert-OH is 1. The van der Waals surface area contributed by atoms with Crippen LogP contribution < -0.4 is 4.74 Å². The highest BCUT2D eigenvalue weighted by molar-refractivity contribution is 6.31. The van der Waals surface area contributed by atoms with Crippen LogP contribution in [0.4, 0.5) is 0 Å². The van der Waals surface area contributed by atoms with Gasteiger partial charge in [0, 0.05) is 30.9 Å². The zero-order chi connectivity index (χ0) is 19.8. The van der Waals surface area contributed by atoms with Crippen molar-refractivity contribution >= 4 is 36.4 Å². The Balaban J connectivity index is 0.00000392. The molecule has 0 spiro atoms. The first-order valence-electron chi connectivity index (χ1n) is 9.08. The zero-order valence-electron chi connectivity index (χ0n) is 16.8. The molecule has 1 N–H and O–H groups in total. The van der Waals surface area contributed by atoms with Gasteiger partial charge >= 0.3 is 0 Å². The summed E-state index contributed by atoms with van der Waals surface area (Å²) in [5, 5.41) is 19.8. The van der Waals surface area contributed by atoms with Crippen molar-refractivity contribution in [3.63, 3.8) is 0 Å². The minimum absolute atomic E-state index is 0. The van der Waals surface area contributed by atoms with Gasteiger partial charge in [-0.15, -0.1) is 24.8 Å². The average Bonchev–Trinajstić information content (AvgIpc) is 2.66. The molecule has 0 aliphatic heterocycles. The Kier molecular flexibility index (Phi) is 12.9. The van der Waals surface area contributed by atoms with E-state index < -0.39 is 6.10 Å². The fraction of sp³-hybridized carbons (Fsp3) is 0.429. The summed E-state index contributed by atoms with van der Waals surface area (Å²) in [6.45, 7) is 4.79. The SMILES string of the molecule is CCc1ccnc(CC(C)N(C)C[C@@H](O)COc2cccc(Cl)c2C#N)c1.Cl.Cl. The van der Waals surface area contributed by atoms with Gasteiger partial charge in [0.2, 0.25) is 0 Å². The summed E-state index contributed by atoms with van der Waals surface area (Å²) in [6.07, 6.45) is 2.97. The van der Waals surface area contributed by atoms with Crippen LogP contribution in [-0.2, 0) is 12.8 Å². The van der Waals surface area contributed by atoms with E-state index in [1.54, 1.807) is 18.2 Å². The molecule has 1 heterocycles. The summed E-state index contributed by atoms with van der Waals surface area (Å²) >= 11 is 5.99. The minimum Gasteiger partial charge on any atom is -0.489 e. The lowest BCUT2D eigenvalue weighted by atomic mass is 10.1. The van der Waals surface area contributed by atoms with Crippen LogP contribution in [0.25, 0.3) is 0 Å². The Morgan fingerprint density at radius 2 is 2.03 bits per heavy atom. The molecule has 0 aliphatic rings. The Morgan fingerprint density at radius 3 is 2.69 bits per heavy atom. The number of ether oxygens (including phenoxy) is 1. The fourth-order valence-corrected chi connectivity index (χ4v) is 3.01. The van der Waals surface area contributed by atoms with Gasteiger partial charge in [0.05, 0.1) is 5.02 Å². The van der Waals surface area contributed by atoms with E-state index >= 15 is 0 Å². The first-order chi connectivity index (χ1) is 12.9. The average molecular weight is 461 g/mol. The van der Waals surface area contributed by atoms with Crippen molar-refractivity contribution in [3.8, 4) is 11.8 Å². The normalized spacial score (nSPS) is 12.3. The van der Waals surface area contributed by atoms with Crippen molar-refractivity contribution < 1.29 is 9.84 Å². The van der Waals surface area contributed by atoms with Gasteiger partial charge in [-0.25, -0.2) is 0 Å². The fourth-order valence-electron chi connectivity index (χ4n) is 2.80. The van der Waals surface area contributed by atoms with E-state index in [1.165, 1.54) is 5.56 Å². The van der Waals surface area contributed by atoms with Gasteiger partial charge in [-0.05, 0) is 50.2 Å². The highest BCUT2D eigenvalue weighted by Crippen LogP contribution is 2.25. The molecule has 0 amide bonds. The number of nitriles is 1. The summed E-state index contributed by atoms with van der Waals surface area (Å²) in [5.41, 5.74) is 2.62. The third-order valence-corrected chi connectivity index (χ3v) is 4.88. The molecule has 0 fully saturated rings. The van der Waals surface area contributed by atoms with E-state index in [0.717, 1.165) is 18.5 Å². The van der Waals surface area contributed by atoms with Crippen molar-refractivity contribution in [2.45, 2.75) is 38.8 Å². The molecular formula is C21H28Cl3N3O2. The van der Waals surface area contributed by atoms with Gasteiger partial charge in [-0.3, -0.25) is 4.98 Å². The summed E-state index contributed by atoms with van der Waals surface area (Å²) in [6, 6.07) is 11.4. The minimum atomic E-state index is -0.682. The molecule has 1 aromatic heterocycles. The maximum Gasteiger partial charge on any atom is 0.138 e. The molecule has 8 heteroatoms. The Morgan fingerprint density at radius 1 is 1.31 bits per heavy atom. The van der Waals surface area contributed by atoms with Gasteiger partial charge in [0.15, 0.2) is 0 Å². The topological polar surface area (TPSA) is 69.4 Å². The summed E-state index contributed by atoms with van der Waals surface area (Å²) in [5.74, 6) is 0.389. The molecule has 1 unspecified atom stereocenters. The quantitative estimate of drug-likeness (QED) is 0.603. The van der Waals surface area contributed by atoms with Gasteiger partial charge < -0.3 is 14.7 Å². The second-order valence-corrected chi connectivity index (χ2v) is 7.10. The monoisotopic (exact) mass is 459 g/mol. The van der Waals surface area contributed by atoms with Gasteiger partial charge in [0.1, 0.15) is 30.1 Å². The Bertz CT molecular complexity index is 799. The first kappa shape index (κ1) is 27.5. The number of aliphatic hydroxyl groups is 1. The molecule has 0 radical (unpaired) electrons. The van der Waals surface area contributed by atoms with Crippen LogP contribution in [-0.4, -0.2) is 47.3 Å². The lowest BCUT2D eigenvalue weighted by molar-refractivity contribution is 0.0652. The molecule has 0 bridgehead atoms. The van der Waals surface area contributed by atoms with Crippen LogP contribution in [0.3, 0.4) is 0 Å². The molecule has 2 rings (SSSR count). The number of aromatic nitrogens is 1. The smallest absolute Gasteiger partial charge is 0.138 e. The number of benzene rings is 1. The number of hydrogen-bond donors (Lipinski definition) is 1. The van der Waals surface area contributed by atoms with E-state index in [9.17, 15) is 5.11 Å². The Labute approximate surface area is 190 Å². The van der Waals surface area contributed by atoms with Crippen LogP contribution in [0, 0.1) is 11.3 Å². The van der Waals surface area contributed by atoms with Crippen molar-refractivity contribution in [3.05, 3.63) is 58.4 Å². The number of nitrogens with zero attached hydrogens (tertiary/aromatic N) is 3. The van der Waals surface area contributed by atoms with Crippen molar-refractivity contribution in [1.29, 1.82) is 5.26 Å². The number of hydrogen-bond acceptors (Lipinski definition) is 5. The van der Waals surface area contributed by atoms with Gasteiger partial charge in [-0.2, -0.15) is 5.26 Å². The maximum absolute atomic E-state index is 10.3. The molecule has 2 atom stereocenters. The lowest BCUT2D eigenvalue weighted by Crippen LogP contribution is -2.39. The summed E-state index contributed by atoms with van der Waals surface area (Å²) in [7, 11) is 1.97. The predicted octanol–water partition coefficient (Wildman–Crippen LogP) is 4.32. The van der Waals surface area contributed by atoms with E-state index in [0.29, 0.717) is 17.3 Å². The molecule has 0 aliphatic carbocycles. The highest BCUT2D eigenvalue weighted by atomic mass is 35.5. The molecule has 160 valence electrons. The Hall–Kier alpha value is -1.55. The van der Waals surface area contributed by atoms with E-state index in [1.807, 2.05) is 25.4 Å². The van der Waals surface area contributed by atoms with Crippen LogP contribution in [0.2, 0.25) is 5.02 Å². The molecule has 0 saturated carbocycles. The van der Waals surface area contributed by atoms with Crippen LogP contribution in [0.1, 0.15) is 30.7 Å². The molecular weight excluding hydrogens is 433 g/mol. The van der Waals surface area contributed by atoms with Crippen molar-refractivity contribution in [1.82, 2.24) is 9.88 Å². The zero-order valence-corrected chi connectivity index (χ0v) is 19.2. The van der Waals surface area contributed by atoms with Gasteiger partial charge in [-0.1, -0.05) is 24.6 Å². The van der Waals surface area contributed by atoms with E-state index in [4.69, 9.17) is 21.6 Å². The predicted molar refractivity (Wildman–Crippen MR) is 122 cm³/mol. The number of likely N-dealkylation sites (N-methyl/N-ethyl adjacent to an activating group) is 1. The second-order valence-electron chi connectivity index (χ2n) is 6.69. The van der Waals surface area contributed by atoms with E-state index in [-0.39, 0.29) is 43.0 Å².